The van der Waals surface area contributed by atoms with E-state index in [-0.39, 0.29) is 29.5 Å². The Bertz CT molecular complexity index is 1090. The molecule has 9 heteroatoms. The summed E-state index contributed by atoms with van der Waals surface area (Å²) in [5.41, 5.74) is 1.65. The summed E-state index contributed by atoms with van der Waals surface area (Å²) in [7, 11) is -3.73. The van der Waals surface area contributed by atoms with Crippen LogP contribution in [0.3, 0.4) is 0 Å². The number of aryl methyl sites for hydroxylation is 1. The van der Waals surface area contributed by atoms with Crippen LogP contribution in [0.1, 0.15) is 40.1 Å². The number of morpholine rings is 1. The molecule has 0 aliphatic carbocycles. The number of ether oxygens (including phenoxy) is 1. The number of amides is 2. The average molecular weight is 460 g/mol. The Morgan fingerprint density at radius 1 is 1.03 bits per heavy atom. The van der Waals surface area contributed by atoms with Crippen LogP contribution >= 0.6 is 0 Å². The first-order valence-corrected chi connectivity index (χ1v) is 12.1. The third-order valence-corrected chi connectivity index (χ3v) is 7.41. The number of carbonyl (C=O) groups excluding carboxylic acids is 2. The van der Waals surface area contributed by atoms with Gasteiger partial charge in [0.25, 0.3) is 11.8 Å². The van der Waals surface area contributed by atoms with Crippen LogP contribution in [0, 0.1) is 6.92 Å². The van der Waals surface area contributed by atoms with E-state index < -0.39 is 15.9 Å². The van der Waals surface area contributed by atoms with Crippen LogP contribution in [0.5, 0.6) is 0 Å². The van der Waals surface area contributed by atoms with E-state index in [1.807, 2.05) is 13.8 Å². The van der Waals surface area contributed by atoms with Gasteiger partial charge in [0.15, 0.2) is 0 Å². The predicted octanol–water partition coefficient (Wildman–Crippen LogP) is 2.75. The molecule has 0 bridgehead atoms. The van der Waals surface area contributed by atoms with Gasteiger partial charge in [0.2, 0.25) is 10.0 Å². The first-order chi connectivity index (χ1) is 15.3. The minimum atomic E-state index is -3.73. The quantitative estimate of drug-likeness (QED) is 0.687. The molecule has 0 aromatic heterocycles. The number of carbonyl (C=O) groups is 2. The van der Waals surface area contributed by atoms with E-state index in [2.05, 4.69) is 5.32 Å². The summed E-state index contributed by atoms with van der Waals surface area (Å²) < 4.78 is 32.6. The van der Waals surface area contributed by atoms with Crippen molar-refractivity contribution in [1.29, 1.82) is 0 Å². The fourth-order valence-electron chi connectivity index (χ4n) is 3.59. The van der Waals surface area contributed by atoms with Gasteiger partial charge in [0.1, 0.15) is 0 Å². The summed E-state index contributed by atoms with van der Waals surface area (Å²) in [4.78, 5) is 27.7. The van der Waals surface area contributed by atoms with Crippen LogP contribution in [-0.4, -0.2) is 68.8 Å². The molecule has 1 heterocycles. The highest BCUT2D eigenvalue weighted by atomic mass is 32.2. The van der Waals surface area contributed by atoms with Gasteiger partial charge in [-0.15, -0.1) is 0 Å². The molecule has 8 nitrogen and oxygen atoms in total. The first-order valence-electron chi connectivity index (χ1n) is 10.7. The van der Waals surface area contributed by atoms with Crippen molar-refractivity contribution < 1.29 is 22.7 Å². The van der Waals surface area contributed by atoms with E-state index in [0.29, 0.717) is 43.1 Å². The van der Waals surface area contributed by atoms with E-state index in [0.717, 1.165) is 0 Å². The molecule has 1 aliphatic rings. The third kappa shape index (κ3) is 5.01. The highest BCUT2D eigenvalue weighted by Crippen LogP contribution is 2.23. The van der Waals surface area contributed by atoms with Gasteiger partial charge in [0, 0.05) is 31.7 Å². The van der Waals surface area contributed by atoms with E-state index in [9.17, 15) is 18.0 Å². The monoisotopic (exact) mass is 459 g/mol. The second-order valence-corrected chi connectivity index (χ2v) is 9.41. The topological polar surface area (TPSA) is 96.0 Å². The molecule has 1 saturated heterocycles. The molecule has 0 radical (unpaired) electrons. The van der Waals surface area contributed by atoms with Crippen molar-refractivity contribution in [2.45, 2.75) is 25.7 Å². The van der Waals surface area contributed by atoms with Crippen LogP contribution in [0.4, 0.5) is 5.69 Å². The van der Waals surface area contributed by atoms with E-state index in [4.69, 9.17) is 4.74 Å². The molecule has 0 atom stereocenters. The lowest BCUT2D eigenvalue weighted by molar-refractivity contribution is 0.0730. The molecule has 2 aromatic rings. The lowest BCUT2D eigenvalue weighted by atomic mass is 10.1. The molecule has 172 valence electrons. The van der Waals surface area contributed by atoms with Crippen molar-refractivity contribution >= 4 is 27.5 Å². The van der Waals surface area contributed by atoms with Gasteiger partial charge in [0.05, 0.1) is 29.4 Å². The van der Waals surface area contributed by atoms with Crippen LogP contribution < -0.4 is 5.32 Å². The maximum atomic E-state index is 13.1. The largest absolute Gasteiger partial charge is 0.379 e. The van der Waals surface area contributed by atoms with Crippen molar-refractivity contribution in [3.8, 4) is 0 Å². The van der Waals surface area contributed by atoms with Gasteiger partial charge in [-0.25, -0.2) is 8.42 Å². The zero-order valence-corrected chi connectivity index (χ0v) is 19.4. The number of rotatable bonds is 7. The van der Waals surface area contributed by atoms with Crippen LogP contribution in [0.25, 0.3) is 0 Å². The lowest BCUT2D eigenvalue weighted by Gasteiger charge is -2.26. The molecule has 1 N–H and O–H groups in total. The number of hydrogen-bond donors (Lipinski definition) is 1. The Morgan fingerprint density at radius 3 is 2.34 bits per heavy atom. The summed E-state index contributed by atoms with van der Waals surface area (Å²) in [5.74, 6) is -0.646. The number of anilines is 1. The van der Waals surface area contributed by atoms with E-state index in [1.54, 1.807) is 42.2 Å². The zero-order chi connectivity index (χ0) is 23.3. The van der Waals surface area contributed by atoms with Gasteiger partial charge in [-0.2, -0.15) is 4.31 Å². The smallest absolute Gasteiger partial charge is 0.255 e. The predicted molar refractivity (Wildman–Crippen MR) is 122 cm³/mol. The Balaban J connectivity index is 1.90. The fraction of sp³-hybridized carbons (Fsp3) is 0.391. The molecule has 1 fully saturated rings. The molecule has 2 amide bonds. The number of nitrogens with one attached hydrogen (secondary N) is 1. The minimum Gasteiger partial charge on any atom is -0.379 e. The maximum Gasteiger partial charge on any atom is 0.255 e. The second-order valence-electron chi connectivity index (χ2n) is 7.47. The van der Waals surface area contributed by atoms with E-state index in [1.165, 1.54) is 16.4 Å². The third-order valence-electron chi connectivity index (χ3n) is 5.52. The minimum absolute atomic E-state index is 0.0580. The number of hydrogen-bond acceptors (Lipinski definition) is 5. The second kappa shape index (κ2) is 10.2. The van der Waals surface area contributed by atoms with Crippen LogP contribution in [0.15, 0.2) is 47.4 Å². The molecule has 3 rings (SSSR count). The molecule has 0 saturated carbocycles. The highest BCUT2D eigenvalue weighted by Gasteiger charge is 2.27. The lowest BCUT2D eigenvalue weighted by Crippen LogP contribution is -2.40. The van der Waals surface area contributed by atoms with E-state index >= 15 is 0 Å². The number of para-hydroxylation sites is 1. The van der Waals surface area contributed by atoms with Gasteiger partial charge < -0.3 is 15.0 Å². The summed E-state index contributed by atoms with van der Waals surface area (Å²) in [5, 5.41) is 2.79. The molecular weight excluding hydrogens is 430 g/mol. The average Bonchev–Trinajstić information content (AvgIpc) is 2.80. The van der Waals surface area contributed by atoms with Crippen LogP contribution in [-0.2, 0) is 14.8 Å². The molecule has 32 heavy (non-hydrogen) atoms. The number of sulfonamides is 1. The van der Waals surface area contributed by atoms with Gasteiger partial charge in [-0.05, 0) is 50.6 Å². The number of nitrogens with zero attached hydrogens (tertiary/aromatic N) is 2. The maximum absolute atomic E-state index is 13.1. The van der Waals surface area contributed by atoms with Crippen molar-refractivity contribution in [2.24, 2.45) is 0 Å². The molecular formula is C23H29N3O5S. The Kier molecular flexibility index (Phi) is 7.65. The van der Waals surface area contributed by atoms with Crippen molar-refractivity contribution in [2.75, 3.05) is 44.7 Å². The SMILES string of the molecule is CCN(CC)C(=O)c1ccccc1NC(=O)c1cc(S(=O)(=O)N2CCOCC2)ccc1C. The van der Waals surface area contributed by atoms with Crippen molar-refractivity contribution in [3.63, 3.8) is 0 Å². The standard InChI is InChI=1S/C23H29N3O5S/c1-4-25(5-2)23(28)19-8-6-7-9-21(19)24-22(27)20-16-18(11-10-17(20)3)32(29,30)26-12-14-31-15-13-26/h6-11,16H,4-5,12-15H2,1-3H3,(H,24,27). The van der Waals surface area contributed by atoms with Gasteiger partial charge >= 0.3 is 0 Å². The molecule has 2 aromatic carbocycles. The molecule has 1 aliphatic heterocycles. The molecule has 0 spiro atoms. The summed E-state index contributed by atoms with van der Waals surface area (Å²) >= 11 is 0. The highest BCUT2D eigenvalue weighted by molar-refractivity contribution is 7.89. The Hall–Kier alpha value is -2.75. The number of benzene rings is 2. The normalized spacial score (nSPS) is 14.7. The Morgan fingerprint density at radius 2 is 1.69 bits per heavy atom. The van der Waals surface area contributed by atoms with Gasteiger partial charge in [-0.3, -0.25) is 9.59 Å². The van der Waals surface area contributed by atoms with Gasteiger partial charge in [-0.1, -0.05) is 18.2 Å². The zero-order valence-electron chi connectivity index (χ0n) is 18.6. The summed E-state index contributed by atoms with van der Waals surface area (Å²) in [6.07, 6.45) is 0. The van der Waals surface area contributed by atoms with Crippen LogP contribution in [0.2, 0.25) is 0 Å². The Labute approximate surface area is 189 Å². The van der Waals surface area contributed by atoms with Crippen molar-refractivity contribution in [1.82, 2.24) is 9.21 Å². The summed E-state index contributed by atoms with van der Waals surface area (Å²) in [6, 6.07) is 11.3. The molecule has 0 unspecified atom stereocenters. The van der Waals surface area contributed by atoms with Crippen molar-refractivity contribution in [3.05, 3.63) is 59.2 Å². The summed E-state index contributed by atoms with van der Waals surface area (Å²) in [6.45, 7) is 7.88. The fourth-order valence-corrected chi connectivity index (χ4v) is 5.03. The first kappa shape index (κ1) is 23.9.